The van der Waals surface area contributed by atoms with E-state index in [-0.39, 0.29) is 34.4 Å². The van der Waals surface area contributed by atoms with Gasteiger partial charge < -0.3 is 20.2 Å². The predicted molar refractivity (Wildman–Crippen MR) is 110 cm³/mol. The molecule has 2 fully saturated rings. The number of fused-ring (bicyclic) bond motifs is 1. The number of carboxylic acids is 2. The fourth-order valence-corrected chi connectivity index (χ4v) is 6.23. The lowest BCUT2D eigenvalue weighted by Gasteiger charge is -2.46. The van der Waals surface area contributed by atoms with E-state index in [9.17, 15) is 24.6 Å². The van der Waals surface area contributed by atoms with Crippen molar-refractivity contribution in [1.82, 2.24) is 9.80 Å². The van der Waals surface area contributed by atoms with E-state index in [2.05, 4.69) is 4.90 Å². The molecule has 3 heterocycles. The monoisotopic (exact) mass is 432 g/mol. The van der Waals surface area contributed by atoms with Crippen molar-refractivity contribution >= 4 is 29.6 Å². The Morgan fingerprint density at radius 2 is 1.93 bits per heavy atom. The van der Waals surface area contributed by atoms with Gasteiger partial charge in [-0.15, -0.1) is 11.8 Å². The Kier molecular flexibility index (Phi) is 5.37. The number of aliphatic hydroxyl groups excluding tert-OH is 1. The van der Waals surface area contributed by atoms with E-state index in [4.69, 9.17) is 5.11 Å². The van der Waals surface area contributed by atoms with Gasteiger partial charge in [-0.25, -0.2) is 9.59 Å². The van der Waals surface area contributed by atoms with Crippen LogP contribution >= 0.6 is 11.8 Å². The summed E-state index contributed by atoms with van der Waals surface area (Å²) in [6, 6.07) is 6.56. The number of carboxylic acid groups (broad SMARTS) is 2. The van der Waals surface area contributed by atoms with Gasteiger partial charge in [-0.3, -0.25) is 9.69 Å². The number of carbonyl (C=O) groups excluding carboxylic acids is 1. The van der Waals surface area contributed by atoms with E-state index in [1.54, 1.807) is 25.1 Å². The van der Waals surface area contributed by atoms with Gasteiger partial charge in [0.1, 0.15) is 5.70 Å². The van der Waals surface area contributed by atoms with Gasteiger partial charge in [0.15, 0.2) is 0 Å². The largest absolute Gasteiger partial charge is 0.478 e. The average Bonchev–Trinajstić information content (AvgIpc) is 2.88. The number of amides is 1. The standard InChI is InChI=1S/C21H24N2O6S/c1-10-16-15(11(2)24)19(25)23(16)17(21(28)29)18(10)30-14-8-22(9-14)7-12-4-3-5-13(6-12)20(26)27/h3-6,10-11,14-16,24H,7-9H2,1-2H3,(H,26,27)(H,28,29)/t10-,11-,15-,16?/m1/s1. The second-order valence-electron chi connectivity index (χ2n) is 8.21. The molecule has 0 aliphatic carbocycles. The second-order valence-corrected chi connectivity index (χ2v) is 9.55. The molecule has 3 N–H and O–H groups in total. The first-order valence-corrected chi connectivity index (χ1v) is 10.8. The normalized spacial score (nSPS) is 27.5. The van der Waals surface area contributed by atoms with Gasteiger partial charge >= 0.3 is 11.9 Å². The Labute approximate surface area is 178 Å². The van der Waals surface area contributed by atoms with Crippen LogP contribution in [0.1, 0.15) is 29.8 Å². The predicted octanol–water partition coefficient (Wildman–Crippen LogP) is 1.46. The minimum atomic E-state index is -1.11. The van der Waals surface area contributed by atoms with Crippen LogP contribution < -0.4 is 0 Å². The van der Waals surface area contributed by atoms with Crippen molar-refractivity contribution in [1.29, 1.82) is 0 Å². The van der Waals surface area contributed by atoms with Crippen LogP contribution in [-0.4, -0.2) is 73.5 Å². The number of β-lactam (4-membered cyclic amide) rings is 1. The number of aromatic carboxylic acids is 1. The van der Waals surface area contributed by atoms with E-state index in [1.165, 1.54) is 16.7 Å². The highest BCUT2D eigenvalue weighted by atomic mass is 32.2. The molecule has 30 heavy (non-hydrogen) atoms. The van der Waals surface area contributed by atoms with E-state index in [0.717, 1.165) is 18.7 Å². The quantitative estimate of drug-likeness (QED) is 0.554. The number of benzene rings is 1. The van der Waals surface area contributed by atoms with E-state index >= 15 is 0 Å². The van der Waals surface area contributed by atoms with Gasteiger partial charge in [0, 0.05) is 35.7 Å². The van der Waals surface area contributed by atoms with Crippen LogP contribution in [0.5, 0.6) is 0 Å². The molecule has 8 nitrogen and oxygen atoms in total. The highest BCUT2D eigenvalue weighted by Gasteiger charge is 2.60. The molecule has 160 valence electrons. The number of hydrogen-bond acceptors (Lipinski definition) is 6. The Morgan fingerprint density at radius 3 is 2.53 bits per heavy atom. The molecule has 3 aliphatic rings. The minimum absolute atomic E-state index is 0.0620. The molecule has 0 aromatic heterocycles. The summed E-state index contributed by atoms with van der Waals surface area (Å²) in [5, 5.41) is 28.9. The molecule has 0 spiro atoms. The van der Waals surface area contributed by atoms with Crippen molar-refractivity contribution < 1.29 is 29.7 Å². The van der Waals surface area contributed by atoms with Crippen LogP contribution in [-0.2, 0) is 16.1 Å². The first-order valence-electron chi connectivity index (χ1n) is 9.89. The van der Waals surface area contributed by atoms with E-state index in [0.29, 0.717) is 11.4 Å². The molecule has 1 aromatic rings. The Balaban J connectivity index is 1.41. The lowest BCUT2D eigenvalue weighted by Crippen LogP contribution is -2.63. The number of carbonyl (C=O) groups is 3. The number of thioether (sulfide) groups is 1. The van der Waals surface area contributed by atoms with Crippen molar-refractivity contribution in [3.05, 3.63) is 46.0 Å². The maximum absolute atomic E-state index is 12.4. The summed E-state index contributed by atoms with van der Waals surface area (Å²) in [6.45, 7) is 5.63. The van der Waals surface area contributed by atoms with Crippen LogP contribution in [0.15, 0.2) is 34.9 Å². The number of likely N-dealkylation sites (tertiary alicyclic amines) is 1. The maximum Gasteiger partial charge on any atom is 0.353 e. The lowest BCUT2D eigenvalue weighted by atomic mass is 9.79. The van der Waals surface area contributed by atoms with Gasteiger partial charge in [0.2, 0.25) is 5.91 Å². The molecule has 0 bridgehead atoms. The van der Waals surface area contributed by atoms with Crippen molar-refractivity contribution in [3.8, 4) is 0 Å². The van der Waals surface area contributed by atoms with E-state index in [1.807, 2.05) is 13.0 Å². The number of rotatable bonds is 7. The molecule has 3 aliphatic heterocycles. The highest BCUT2D eigenvalue weighted by molar-refractivity contribution is 8.03. The van der Waals surface area contributed by atoms with Crippen LogP contribution in [0.4, 0.5) is 0 Å². The summed E-state index contributed by atoms with van der Waals surface area (Å²) in [5.74, 6) is -3.05. The van der Waals surface area contributed by atoms with Crippen LogP contribution in [0.3, 0.4) is 0 Å². The van der Waals surface area contributed by atoms with Gasteiger partial charge in [-0.2, -0.15) is 0 Å². The smallest absolute Gasteiger partial charge is 0.353 e. The lowest BCUT2D eigenvalue weighted by molar-refractivity contribution is -0.163. The average molecular weight is 432 g/mol. The van der Waals surface area contributed by atoms with Gasteiger partial charge in [0.05, 0.1) is 23.6 Å². The van der Waals surface area contributed by atoms with Crippen LogP contribution in [0.25, 0.3) is 0 Å². The van der Waals surface area contributed by atoms with Crippen molar-refractivity contribution in [2.75, 3.05) is 13.1 Å². The molecule has 1 unspecified atom stereocenters. The topological polar surface area (TPSA) is 118 Å². The number of aliphatic carboxylic acids is 1. The first kappa shape index (κ1) is 20.9. The molecule has 0 radical (unpaired) electrons. The Bertz CT molecular complexity index is 939. The number of hydrogen-bond donors (Lipinski definition) is 3. The fraction of sp³-hybridized carbons (Fsp3) is 0.476. The number of aliphatic hydroxyl groups is 1. The first-order chi connectivity index (χ1) is 14.2. The highest BCUT2D eigenvalue weighted by Crippen LogP contribution is 2.51. The summed E-state index contributed by atoms with van der Waals surface area (Å²) < 4.78 is 0. The fourth-order valence-electron chi connectivity index (χ4n) is 4.65. The summed E-state index contributed by atoms with van der Waals surface area (Å²) in [6.07, 6.45) is -0.804. The molecule has 1 aromatic carbocycles. The summed E-state index contributed by atoms with van der Waals surface area (Å²) in [5.41, 5.74) is 1.25. The molecule has 4 rings (SSSR count). The summed E-state index contributed by atoms with van der Waals surface area (Å²) in [7, 11) is 0. The maximum atomic E-state index is 12.4. The third-order valence-corrected chi connectivity index (χ3v) is 7.56. The Hall–Kier alpha value is -2.36. The van der Waals surface area contributed by atoms with Crippen LogP contribution in [0.2, 0.25) is 0 Å². The summed E-state index contributed by atoms with van der Waals surface area (Å²) >= 11 is 1.51. The zero-order valence-electron chi connectivity index (χ0n) is 16.7. The summed E-state index contributed by atoms with van der Waals surface area (Å²) in [4.78, 5) is 39.6. The van der Waals surface area contributed by atoms with Gasteiger partial charge in [-0.1, -0.05) is 19.1 Å². The molecule has 4 atom stereocenters. The Morgan fingerprint density at radius 1 is 1.23 bits per heavy atom. The molecule has 1 amide bonds. The minimum Gasteiger partial charge on any atom is -0.478 e. The number of nitrogens with zero attached hydrogens (tertiary/aromatic N) is 2. The van der Waals surface area contributed by atoms with Crippen molar-refractivity contribution in [2.24, 2.45) is 11.8 Å². The molecular weight excluding hydrogens is 408 g/mol. The molecular formula is C21H24N2O6S. The van der Waals surface area contributed by atoms with Crippen molar-refractivity contribution in [2.45, 2.75) is 37.8 Å². The third-order valence-electron chi connectivity index (χ3n) is 6.11. The van der Waals surface area contributed by atoms with Gasteiger partial charge in [-0.05, 0) is 24.6 Å². The molecule has 9 heteroatoms. The molecule has 0 saturated carbocycles. The second kappa shape index (κ2) is 7.72. The zero-order valence-corrected chi connectivity index (χ0v) is 17.5. The van der Waals surface area contributed by atoms with Crippen molar-refractivity contribution in [3.63, 3.8) is 0 Å². The SMILES string of the molecule is C[C@H]1C(SC2CN(Cc3cccc(C(=O)O)c3)C2)=C(C(=O)O)N2C(=O)[C@H]([C@@H](C)O)C12. The zero-order chi connectivity index (χ0) is 21.7. The van der Waals surface area contributed by atoms with Gasteiger partial charge in [0.25, 0.3) is 0 Å². The van der Waals surface area contributed by atoms with E-state index < -0.39 is 24.0 Å². The van der Waals surface area contributed by atoms with Crippen LogP contribution in [0, 0.1) is 11.8 Å². The molecule has 2 saturated heterocycles. The third kappa shape index (κ3) is 3.40.